The van der Waals surface area contributed by atoms with Crippen LogP contribution in [0.1, 0.15) is 24.6 Å². The van der Waals surface area contributed by atoms with Crippen molar-refractivity contribution in [3.8, 4) is 0 Å². The van der Waals surface area contributed by atoms with Crippen molar-refractivity contribution in [2.45, 2.75) is 25.0 Å². The topological polar surface area (TPSA) is 57.6 Å². The van der Waals surface area contributed by atoms with Gasteiger partial charge in [0.15, 0.2) is 0 Å². The zero-order valence-corrected chi connectivity index (χ0v) is 10.9. The maximum atomic E-state index is 6.08. The van der Waals surface area contributed by atoms with Gasteiger partial charge in [0, 0.05) is 12.0 Å². The average Bonchev–Trinajstić information content (AvgIpc) is 3.07. The number of benzene rings is 1. The van der Waals surface area contributed by atoms with Gasteiger partial charge in [-0.3, -0.25) is 0 Å². The Hall–Kier alpha value is -1.36. The fourth-order valence-corrected chi connectivity index (χ4v) is 2.37. The molecule has 1 aromatic heterocycles. The van der Waals surface area contributed by atoms with Gasteiger partial charge in [-0.2, -0.15) is 0 Å². The summed E-state index contributed by atoms with van der Waals surface area (Å²) in [6, 6.07) is 9.65. The zero-order chi connectivity index (χ0) is 13.1. The van der Waals surface area contributed by atoms with E-state index in [-0.39, 0.29) is 12.1 Å². The van der Waals surface area contributed by atoms with Crippen LogP contribution < -0.4 is 5.73 Å². The molecule has 1 aliphatic rings. The van der Waals surface area contributed by atoms with E-state index in [2.05, 4.69) is 0 Å². The molecule has 2 N–H and O–H groups in total. The van der Waals surface area contributed by atoms with Crippen LogP contribution in [0.5, 0.6) is 0 Å². The Labute approximate surface area is 112 Å². The minimum Gasteiger partial charge on any atom is -0.459 e. The van der Waals surface area contributed by atoms with Crippen molar-refractivity contribution in [2.75, 3.05) is 19.8 Å². The first-order chi connectivity index (χ1) is 9.33. The first-order valence-corrected chi connectivity index (χ1v) is 6.76. The Morgan fingerprint density at radius 1 is 1.37 bits per heavy atom. The molecular formula is C15H19NO3. The molecule has 0 spiro atoms. The Kier molecular flexibility index (Phi) is 3.82. The third kappa shape index (κ3) is 2.97. The second-order valence-corrected chi connectivity index (χ2v) is 4.97. The summed E-state index contributed by atoms with van der Waals surface area (Å²) in [5.74, 6) is 0.772. The van der Waals surface area contributed by atoms with E-state index in [0.717, 1.165) is 36.2 Å². The van der Waals surface area contributed by atoms with Crippen LogP contribution >= 0.6 is 0 Å². The predicted molar refractivity (Wildman–Crippen MR) is 72.9 cm³/mol. The number of para-hydroxylation sites is 1. The summed E-state index contributed by atoms with van der Waals surface area (Å²) < 4.78 is 16.8. The van der Waals surface area contributed by atoms with Gasteiger partial charge in [-0.15, -0.1) is 0 Å². The van der Waals surface area contributed by atoms with Crippen molar-refractivity contribution in [1.29, 1.82) is 0 Å². The van der Waals surface area contributed by atoms with Crippen molar-refractivity contribution >= 4 is 11.0 Å². The van der Waals surface area contributed by atoms with Gasteiger partial charge in [-0.05, 0) is 25.0 Å². The highest BCUT2D eigenvalue weighted by atomic mass is 16.5. The molecule has 19 heavy (non-hydrogen) atoms. The van der Waals surface area contributed by atoms with Crippen LogP contribution in [0, 0.1) is 0 Å². The maximum absolute atomic E-state index is 6.08. The lowest BCUT2D eigenvalue weighted by Gasteiger charge is -2.13. The molecule has 0 saturated carbocycles. The second-order valence-electron chi connectivity index (χ2n) is 4.97. The number of ether oxygens (including phenoxy) is 2. The van der Waals surface area contributed by atoms with E-state index in [9.17, 15) is 0 Å². The summed E-state index contributed by atoms with van der Waals surface area (Å²) in [5, 5.41) is 1.08. The Balaban J connectivity index is 1.55. The Morgan fingerprint density at radius 2 is 2.26 bits per heavy atom. The van der Waals surface area contributed by atoms with Crippen LogP contribution in [-0.4, -0.2) is 25.9 Å². The highest BCUT2D eigenvalue weighted by Crippen LogP contribution is 2.23. The summed E-state index contributed by atoms with van der Waals surface area (Å²) in [7, 11) is 0. The minimum atomic E-state index is -0.228. The van der Waals surface area contributed by atoms with Crippen LogP contribution in [0.25, 0.3) is 11.0 Å². The standard InChI is InChI=1S/C15H19NO3/c16-13(10-17-9-12-5-3-7-18-12)15-8-11-4-1-2-6-14(11)19-15/h1-2,4,6,8,12-13H,3,5,7,9-10,16H2. The van der Waals surface area contributed by atoms with Gasteiger partial charge in [0.25, 0.3) is 0 Å². The first-order valence-electron chi connectivity index (χ1n) is 6.76. The summed E-state index contributed by atoms with van der Waals surface area (Å²) in [6.45, 7) is 1.93. The molecule has 1 aromatic carbocycles. The molecule has 4 heteroatoms. The van der Waals surface area contributed by atoms with Crippen molar-refractivity contribution in [3.63, 3.8) is 0 Å². The molecule has 4 nitrogen and oxygen atoms in total. The zero-order valence-electron chi connectivity index (χ0n) is 10.9. The van der Waals surface area contributed by atoms with Gasteiger partial charge in [-0.25, -0.2) is 0 Å². The number of hydrogen-bond donors (Lipinski definition) is 1. The molecule has 0 bridgehead atoms. The Morgan fingerprint density at radius 3 is 3.05 bits per heavy atom. The molecule has 1 fully saturated rings. The molecule has 0 amide bonds. The van der Waals surface area contributed by atoms with Gasteiger partial charge >= 0.3 is 0 Å². The van der Waals surface area contributed by atoms with Crippen LogP contribution in [0.4, 0.5) is 0 Å². The highest BCUT2D eigenvalue weighted by Gasteiger charge is 2.17. The van der Waals surface area contributed by atoms with Gasteiger partial charge in [0.05, 0.1) is 25.4 Å². The molecule has 2 heterocycles. The fourth-order valence-electron chi connectivity index (χ4n) is 2.37. The van der Waals surface area contributed by atoms with E-state index in [1.165, 1.54) is 0 Å². The van der Waals surface area contributed by atoms with Crippen LogP contribution in [-0.2, 0) is 9.47 Å². The molecule has 102 valence electrons. The molecule has 2 unspecified atom stereocenters. The molecule has 3 rings (SSSR count). The smallest absolute Gasteiger partial charge is 0.134 e. The van der Waals surface area contributed by atoms with E-state index in [1.54, 1.807) is 0 Å². The van der Waals surface area contributed by atoms with E-state index in [0.29, 0.717) is 13.2 Å². The van der Waals surface area contributed by atoms with Gasteiger partial charge in [0.2, 0.25) is 0 Å². The SMILES string of the molecule is NC(COCC1CCCO1)c1cc2ccccc2o1. The lowest BCUT2D eigenvalue weighted by molar-refractivity contribution is 0.0116. The summed E-state index contributed by atoms with van der Waals surface area (Å²) in [6.07, 6.45) is 2.45. The first kappa shape index (κ1) is 12.7. The average molecular weight is 261 g/mol. The molecule has 2 atom stereocenters. The minimum absolute atomic E-state index is 0.228. The lowest BCUT2D eigenvalue weighted by Crippen LogP contribution is -2.21. The van der Waals surface area contributed by atoms with E-state index < -0.39 is 0 Å². The van der Waals surface area contributed by atoms with Crippen molar-refractivity contribution in [2.24, 2.45) is 5.73 Å². The van der Waals surface area contributed by atoms with Gasteiger partial charge < -0.3 is 19.6 Å². The third-order valence-corrected chi connectivity index (χ3v) is 3.44. The monoisotopic (exact) mass is 261 g/mol. The number of rotatable bonds is 5. The maximum Gasteiger partial charge on any atom is 0.134 e. The highest BCUT2D eigenvalue weighted by molar-refractivity contribution is 5.77. The normalized spacial score (nSPS) is 21.0. The van der Waals surface area contributed by atoms with E-state index in [4.69, 9.17) is 19.6 Å². The molecular weight excluding hydrogens is 242 g/mol. The predicted octanol–water partition coefficient (Wildman–Crippen LogP) is 2.63. The number of furan rings is 1. The lowest BCUT2D eigenvalue weighted by atomic mass is 10.2. The molecule has 1 aliphatic heterocycles. The number of fused-ring (bicyclic) bond motifs is 1. The molecule has 0 aliphatic carbocycles. The van der Waals surface area contributed by atoms with E-state index in [1.807, 2.05) is 30.3 Å². The number of nitrogens with two attached hydrogens (primary N) is 1. The van der Waals surface area contributed by atoms with Crippen LogP contribution in [0.3, 0.4) is 0 Å². The number of hydrogen-bond acceptors (Lipinski definition) is 4. The molecule has 1 saturated heterocycles. The summed E-state index contributed by atoms with van der Waals surface area (Å²) in [5.41, 5.74) is 6.95. The third-order valence-electron chi connectivity index (χ3n) is 3.44. The Bertz CT molecular complexity index is 498. The van der Waals surface area contributed by atoms with Crippen molar-refractivity contribution < 1.29 is 13.9 Å². The van der Waals surface area contributed by atoms with Crippen molar-refractivity contribution in [1.82, 2.24) is 0 Å². The quantitative estimate of drug-likeness (QED) is 0.899. The van der Waals surface area contributed by atoms with Crippen molar-refractivity contribution in [3.05, 3.63) is 36.1 Å². The molecule has 2 aromatic rings. The second kappa shape index (κ2) is 5.74. The summed E-state index contributed by atoms with van der Waals surface area (Å²) in [4.78, 5) is 0. The van der Waals surface area contributed by atoms with Gasteiger partial charge in [0.1, 0.15) is 11.3 Å². The van der Waals surface area contributed by atoms with Crippen LogP contribution in [0.2, 0.25) is 0 Å². The fraction of sp³-hybridized carbons (Fsp3) is 0.467. The summed E-state index contributed by atoms with van der Waals surface area (Å²) >= 11 is 0. The van der Waals surface area contributed by atoms with E-state index >= 15 is 0 Å². The largest absolute Gasteiger partial charge is 0.459 e. The van der Waals surface area contributed by atoms with Crippen LogP contribution in [0.15, 0.2) is 34.7 Å². The molecule has 0 radical (unpaired) electrons. The van der Waals surface area contributed by atoms with Gasteiger partial charge in [-0.1, -0.05) is 18.2 Å².